The lowest BCUT2D eigenvalue weighted by Gasteiger charge is -2.05. The van der Waals surface area contributed by atoms with Crippen LogP contribution in [0, 0.1) is 6.92 Å². The summed E-state index contributed by atoms with van der Waals surface area (Å²) in [6.45, 7) is 1.89. The van der Waals surface area contributed by atoms with Crippen LogP contribution in [0.3, 0.4) is 0 Å². The Labute approximate surface area is 92.1 Å². The molecular weight excluding hydrogens is 206 g/mol. The molecule has 0 aliphatic heterocycles. The van der Waals surface area contributed by atoms with Crippen molar-refractivity contribution in [3.63, 3.8) is 0 Å². The van der Waals surface area contributed by atoms with Gasteiger partial charge in [0.2, 0.25) is 0 Å². The van der Waals surface area contributed by atoms with Gasteiger partial charge in [0.15, 0.2) is 0 Å². The molecule has 5 nitrogen and oxygen atoms in total. The molecule has 2 aromatic rings. The van der Waals surface area contributed by atoms with Gasteiger partial charge in [-0.25, -0.2) is 4.79 Å². The maximum atomic E-state index is 10.8. The number of carbonyl (C=O) groups is 1. The van der Waals surface area contributed by atoms with Crippen molar-refractivity contribution in [2.24, 2.45) is 0 Å². The van der Waals surface area contributed by atoms with E-state index < -0.39 is 5.97 Å². The minimum atomic E-state index is -0.937. The van der Waals surface area contributed by atoms with Crippen molar-refractivity contribution in [1.29, 1.82) is 0 Å². The summed E-state index contributed by atoms with van der Waals surface area (Å²) in [5, 5.41) is 18.6. The summed E-state index contributed by atoms with van der Waals surface area (Å²) in [6.07, 6.45) is 1.66. The van der Waals surface area contributed by atoms with Gasteiger partial charge < -0.3 is 10.4 Å². The molecule has 0 spiro atoms. The molecule has 0 radical (unpaired) electrons. The minimum Gasteiger partial charge on any atom is -0.478 e. The lowest BCUT2D eigenvalue weighted by atomic mass is 10.2. The molecule has 0 saturated carbocycles. The molecule has 0 atom stereocenters. The number of carboxylic acids is 1. The lowest BCUT2D eigenvalue weighted by Crippen LogP contribution is -1.97. The van der Waals surface area contributed by atoms with Crippen molar-refractivity contribution in [2.45, 2.75) is 6.92 Å². The van der Waals surface area contributed by atoms with Crippen LogP contribution in [0.4, 0.5) is 11.4 Å². The molecular formula is C11H11N3O2. The summed E-state index contributed by atoms with van der Waals surface area (Å²) in [4.78, 5) is 10.8. The number of aromatic nitrogens is 2. The highest BCUT2D eigenvalue weighted by molar-refractivity contribution is 5.89. The first kappa shape index (κ1) is 10.2. The van der Waals surface area contributed by atoms with E-state index in [9.17, 15) is 4.79 Å². The molecule has 0 aliphatic rings. The van der Waals surface area contributed by atoms with Gasteiger partial charge in [-0.05, 0) is 25.1 Å². The van der Waals surface area contributed by atoms with Gasteiger partial charge in [-0.2, -0.15) is 5.10 Å². The number of aryl methyl sites for hydroxylation is 1. The smallest absolute Gasteiger partial charge is 0.335 e. The Bertz CT molecular complexity index is 519. The van der Waals surface area contributed by atoms with Crippen LogP contribution in [0.25, 0.3) is 0 Å². The van der Waals surface area contributed by atoms with E-state index in [2.05, 4.69) is 15.5 Å². The van der Waals surface area contributed by atoms with Crippen LogP contribution in [-0.2, 0) is 0 Å². The van der Waals surface area contributed by atoms with E-state index in [-0.39, 0.29) is 5.56 Å². The van der Waals surface area contributed by atoms with Crippen LogP contribution in [0.5, 0.6) is 0 Å². The van der Waals surface area contributed by atoms with E-state index >= 15 is 0 Å². The summed E-state index contributed by atoms with van der Waals surface area (Å²) in [5.74, 6) is -0.937. The van der Waals surface area contributed by atoms with Gasteiger partial charge in [0, 0.05) is 5.69 Å². The molecule has 1 aromatic carbocycles. The fourth-order valence-electron chi connectivity index (χ4n) is 1.36. The molecule has 1 aromatic heterocycles. The number of rotatable bonds is 3. The number of nitrogens with one attached hydrogen (secondary N) is 2. The molecule has 5 heteroatoms. The molecule has 2 rings (SSSR count). The second-order valence-electron chi connectivity index (χ2n) is 3.42. The van der Waals surface area contributed by atoms with Crippen LogP contribution >= 0.6 is 0 Å². The van der Waals surface area contributed by atoms with Crippen molar-refractivity contribution in [1.82, 2.24) is 10.2 Å². The number of aromatic amines is 1. The summed E-state index contributed by atoms with van der Waals surface area (Å²) in [7, 11) is 0. The number of benzene rings is 1. The van der Waals surface area contributed by atoms with Gasteiger partial charge in [0.1, 0.15) is 0 Å². The standard InChI is InChI=1S/C11H11N3O2/c1-7-10(6-12-14-7)13-9-4-2-3-8(5-9)11(15)16/h2-6,13H,1H3,(H,12,14)(H,15,16). The second kappa shape index (κ2) is 4.06. The number of aromatic carboxylic acids is 1. The first-order valence-corrected chi connectivity index (χ1v) is 4.77. The quantitative estimate of drug-likeness (QED) is 0.736. The Morgan fingerprint density at radius 2 is 2.31 bits per heavy atom. The van der Waals surface area contributed by atoms with Gasteiger partial charge in [0.05, 0.1) is 23.1 Å². The third-order valence-corrected chi connectivity index (χ3v) is 2.22. The SMILES string of the molecule is Cc1[nH]ncc1Nc1cccc(C(=O)O)c1. The van der Waals surface area contributed by atoms with Gasteiger partial charge in [0.25, 0.3) is 0 Å². The summed E-state index contributed by atoms with van der Waals surface area (Å²) < 4.78 is 0. The molecule has 16 heavy (non-hydrogen) atoms. The normalized spacial score (nSPS) is 10.1. The maximum absolute atomic E-state index is 10.8. The Hall–Kier alpha value is -2.30. The minimum absolute atomic E-state index is 0.256. The van der Waals surface area contributed by atoms with E-state index in [1.54, 1.807) is 30.5 Å². The number of carboxylic acid groups (broad SMARTS) is 1. The Morgan fingerprint density at radius 1 is 1.50 bits per heavy atom. The fourth-order valence-corrected chi connectivity index (χ4v) is 1.36. The number of nitrogens with zero attached hydrogens (tertiary/aromatic N) is 1. The van der Waals surface area contributed by atoms with Crippen LogP contribution in [0.15, 0.2) is 30.5 Å². The van der Waals surface area contributed by atoms with Crippen LogP contribution in [-0.4, -0.2) is 21.3 Å². The highest BCUT2D eigenvalue weighted by Gasteiger charge is 2.04. The Balaban J connectivity index is 2.25. The van der Waals surface area contributed by atoms with Gasteiger partial charge >= 0.3 is 5.97 Å². The number of H-pyrrole nitrogens is 1. The molecule has 3 N–H and O–H groups in total. The van der Waals surface area contributed by atoms with Crippen molar-refractivity contribution in [3.8, 4) is 0 Å². The molecule has 0 aliphatic carbocycles. The monoisotopic (exact) mass is 217 g/mol. The summed E-state index contributed by atoms with van der Waals surface area (Å²) in [5.41, 5.74) is 2.72. The first-order valence-electron chi connectivity index (χ1n) is 4.77. The van der Waals surface area contributed by atoms with E-state index in [0.717, 1.165) is 17.1 Å². The first-order chi connectivity index (χ1) is 7.66. The van der Waals surface area contributed by atoms with Crippen molar-refractivity contribution in [3.05, 3.63) is 41.7 Å². The van der Waals surface area contributed by atoms with Gasteiger partial charge in [-0.3, -0.25) is 5.10 Å². The second-order valence-corrected chi connectivity index (χ2v) is 3.42. The third-order valence-electron chi connectivity index (χ3n) is 2.22. The fraction of sp³-hybridized carbons (Fsp3) is 0.0909. The summed E-state index contributed by atoms with van der Waals surface area (Å²) in [6, 6.07) is 6.63. The highest BCUT2D eigenvalue weighted by Crippen LogP contribution is 2.19. The van der Waals surface area contributed by atoms with E-state index in [1.807, 2.05) is 6.92 Å². The summed E-state index contributed by atoms with van der Waals surface area (Å²) >= 11 is 0. The Kier molecular flexibility index (Phi) is 2.59. The van der Waals surface area contributed by atoms with E-state index in [1.165, 1.54) is 0 Å². The van der Waals surface area contributed by atoms with E-state index in [0.29, 0.717) is 0 Å². The van der Waals surface area contributed by atoms with E-state index in [4.69, 9.17) is 5.11 Å². The molecule has 0 fully saturated rings. The largest absolute Gasteiger partial charge is 0.478 e. The van der Waals surface area contributed by atoms with Crippen LogP contribution in [0.1, 0.15) is 16.1 Å². The average Bonchev–Trinajstić information content (AvgIpc) is 2.65. The maximum Gasteiger partial charge on any atom is 0.335 e. The topological polar surface area (TPSA) is 78.0 Å². The lowest BCUT2D eigenvalue weighted by molar-refractivity contribution is 0.0697. The predicted molar refractivity (Wildman–Crippen MR) is 60.0 cm³/mol. The van der Waals surface area contributed by atoms with Crippen LogP contribution < -0.4 is 5.32 Å². The van der Waals surface area contributed by atoms with Gasteiger partial charge in [-0.1, -0.05) is 6.07 Å². The number of hydrogen-bond donors (Lipinski definition) is 3. The zero-order valence-electron chi connectivity index (χ0n) is 8.69. The molecule has 0 unspecified atom stereocenters. The van der Waals surface area contributed by atoms with Crippen molar-refractivity contribution in [2.75, 3.05) is 5.32 Å². The predicted octanol–water partition coefficient (Wildman–Crippen LogP) is 2.16. The Morgan fingerprint density at radius 3 is 2.94 bits per heavy atom. The number of anilines is 2. The number of hydrogen-bond acceptors (Lipinski definition) is 3. The van der Waals surface area contributed by atoms with Crippen molar-refractivity contribution < 1.29 is 9.90 Å². The highest BCUT2D eigenvalue weighted by atomic mass is 16.4. The van der Waals surface area contributed by atoms with Crippen LogP contribution in [0.2, 0.25) is 0 Å². The zero-order chi connectivity index (χ0) is 11.5. The van der Waals surface area contributed by atoms with Crippen molar-refractivity contribution >= 4 is 17.3 Å². The molecule has 82 valence electrons. The molecule has 1 heterocycles. The molecule has 0 saturated heterocycles. The van der Waals surface area contributed by atoms with Gasteiger partial charge in [-0.15, -0.1) is 0 Å². The molecule has 0 amide bonds. The average molecular weight is 217 g/mol. The zero-order valence-corrected chi connectivity index (χ0v) is 8.69. The molecule has 0 bridgehead atoms. The third kappa shape index (κ3) is 2.03.